The summed E-state index contributed by atoms with van der Waals surface area (Å²) in [4.78, 5) is 36.0. The van der Waals surface area contributed by atoms with Crippen molar-refractivity contribution < 1.29 is 113 Å². The first-order chi connectivity index (χ1) is 31.3. The molecule has 4 saturated heterocycles. The monoisotopic (exact) mass is 973 g/mol. The van der Waals surface area contributed by atoms with Gasteiger partial charge in [-0.15, -0.1) is 0 Å². The molecular weight excluding hydrogens is 906 g/mol. The summed E-state index contributed by atoms with van der Waals surface area (Å²) < 4.78 is 53.0. The van der Waals surface area contributed by atoms with Crippen LogP contribution < -0.4 is 33.4 Å². The Bertz CT molecular complexity index is 1620. The molecule has 28 nitrogen and oxygen atoms in total. The van der Waals surface area contributed by atoms with Crippen LogP contribution in [0.4, 0.5) is 0 Å². The largest absolute Gasteiger partial charge is 0.497 e. The van der Waals surface area contributed by atoms with Crippen LogP contribution in [0.1, 0.15) is 46.0 Å². The lowest BCUT2D eigenvalue weighted by Gasteiger charge is -2.49. The summed E-state index contributed by atoms with van der Waals surface area (Å²) >= 11 is 0. The Hall–Kier alpha value is -3.86. The molecule has 4 aliphatic heterocycles. The van der Waals surface area contributed by atoms with Gasteiger partial charge in [-0.25, -0.2) is 0 Å². The highest BCUT2D eigenvalue weighted by atomic mass is 16.8. The predicted molar refractivity (Wildman–Crippen MR) is 223 cm³/mol. The van der Waals surface area contributed by atoms with Gasteiger partial charge in [-0.2, -0.15) is 0 Å². The summed E-state index contributed by atoms with van der Waals surface area (Å²) in [5.74, 6) is -2.73. The average Bonchev–Trinajstić information content (AvgIpc) is 3.54. The summed E-state index contributed by atoms with van der Waals surface area (Å²) in [7, 11) is 1.54. The summed E-state index contributed by atoms with van der Waals surface area (Å²) in [5, 5.41) is 94.1. The average molecular weight is 974 g/mol. The fourth-order valence-corrected chi connectivity index (χ4v) is 7.17. The SMILES string of the molecule is CC(=O)O.CC(=O)O.CC(=O)O.CC(=O)O.COc1cccc(C2OC[C@H]3O[C@H](O[C@H]4[C@H](O[C@@H]5O[C@H](CO)[C@@H](O[C@H]6OC(CN)[C@@H](O)[C@H](O)[C@H]6N)[C@H]5O)[C@@H](O)[C@H](N)C[C@@H]4N)[C@H](N)[C@@H](O)[C@@H]3O2)c1. The van der Waals surface area contributed by atoms with Crippen LogP contribution in [-0.2, 0) is 57.1 Å². The molecule has 1 aromatic carbocycles. The maximum Gasteiger partial charge on any atom is 0.300 e. The third-order valence-electron chi connectivity index (χ3n) is 10.2. The van der Waals surface area contributed by atoms with Gasteiger partial charge in [-0.3, -0.25) is 19.2 Å². The smallest absolute Gasteiger partial charge is 0.300 e. The molecule has 20 atom stereocenters. The van der Waals surface area contributed by atoms with Crippen molar-refractivity contribution in [2.45, 2.75) is 157 Å². The van der Waals surface area contributed by atoms with E-state index in [9.17, 15) is 30.6 Å². The molecule has 28 heteroatoms. The highest BCUT2D eigenvalue weighted by Crippen LogP contribution is 2.37. The van der Waals surface area contributed by atoms with E-state index < -0.39 is 153 Å². The molecule has 1 aliphatic carbocycles. The second kappa shape index (κ2) is 28.0. The molecule has 1 saturated carbocycles. The first kappa shape index (κ1) is 59.3. The van der Waals surface area contributed by atoms with Crippen molar-refractivity contribution in [3.63, 3.8) is 0 Å². The van der Waals surface area contributed by atoms with Crippen LogP contribution in [0.2, 0.25) is 0 Å². The zero-order valence-electron chi connectivity index (χ0n) is 37.4. The first-order valence-electron chi connectivity index (χ1n) is 20.6. The van der Waals surface area contributed by atoms with Gasteiger partial charge in [0.05, 0.1) is 38.5 Å². The fourth-order valence-electron chi connectivity index (χ4n) is 7.17. The zero-order chi connectivity index (χ0) is 51.0. The van der Waals surface area contributed by atoms with E-state index in [0.717, 1.165) is 27.7 Å². The van der Waals surface area contributed by atoms with E-state index in [1.807, 2.05) is 0 Å². The molecule has 6 rings (SSSR count). The molecule has 4 heterocycles. The number of aliphatic carboxylic acids is 4. The van der Waals surface area contributed by atoms with Gasteiger partial charge in [0.15, 0.2) is 25.2 Å². The fraction of sp³-hybridized carbons (Fsp3) is 0.744. The van der Waals surface area contributed by atoms with Gasteiger partial charge in [0.25, 0.3) is 23.9 Å². The molecule has 0 amide bonds. The third-order valence-corrected chi connectivity index (χ3v) is 10.2. The zero-order valence-corrected chi connectivity index (χ0v) is 37.4. The van der Waals surface area contributed by atoms with Crippen molar-refractivity contribution in [2.75, 3.05) is 26.9 Å². The van der Waals surface area contributed by atoms with E-state index in [2.05, 4.69) is 0 Å². The summed E-state index contributed by atoms with van der Waals surface area (Å²) in [6.07, 6.45) is -19.7. The van der Waals surface area contributed by atoms with Crippen molar-refractivity contribution in [3.05, 3.63) is 29.8 Å². The number of nitrogens with two attached hydrogens (primary N) is 5. The van der Waals surface area contributed by atoms with E-state index in [1.54, 1.807) is 24.3 Å². The van der Waals surface area contributed by atoms with Crippen molar-refractivity contribution in [2.24, 2.45) is 28.7 Å². The number of aliphatic hydroxyl groups excluding tert-OH is 6. The number of carbonyl (C=O) groups is 4. The van der Waals surface area contributed by atoms with Crippen molar-refractivity contribution >= 4 is 23.9 Å². The van der Waals surface area contributed by atoms with Crippen molar-refractivity contribution in [1.29, 1.82) is 0 Å². The van der Waals surface area contributed by atoms with Gasteiger partial charge < -0.3 is 122 Å². The van der Waals surface area contributed by atoms with Gasteiger partial charge in [-0.05, 0) is 18.6 Å². The number of carboxylic acids is 4. The maximum atomic E-state index is 11.3. The minimum Gasteiger partial charge on any atom is -0.497 e. The molecule has 20 N–H and O–H groups in total. The van der Waals surface area contributed by atoms with Gasteiger partial charge in [-0.1, -0.05) is 12.1 Å². The van der Waals surface area contributed by atoms with E-state index in [1.165, 1.54) is 7.11 Å². The molecule has 1 aromatic rings. The molecule has 5 aliphatic rings. The summed E-state index contributed by atoms with van der Waals surface area (Å²) in [6, 6.07) is 3.00. The number of aliphatic hydroxyl groups is 6. The second-order valence-electron chi connectivity index (χ2n) is 15.6. The minimum absolute atomic E-state index is 0.0166. The summed E-state index contributed by atoms with van der Waals surface area (Å²) in [6.45, 7) is 3.54. The van der Waals surface area contributed by atoms with Crippen LogP contribution in [0.3, 0.4) is 0 Å². The van der Waals surface area contributed by atoms with Crippen molar-refractivity contribution in [1.82, 2.24) is 0 Å². The molecule has 2 unspecified atom stereocenters. The van der Waals surface area contributed by atoms with Gasteiger partial charge in [0.2, 0.25) is 0 Å². The highest BCUT2D eigenvalue weighted by Gasteiger charge is 2.55. The van der Waals surface area contributed by atoms with E-state index >= 15 is 0 Å². The molecule has 0 radical (unpaired) electrons. The van der Waals surface area contributed by atoms with Crippen molar-refractivity contribution in [3.8, 4) is 5.75 Å². The maximum absolute atomic E-state index is 11.3. The molecule has 386 valence electrons. The third kappa shape index (κ3) is 17.6. The lowest BCUT2D eigenvalue weighted by Crippen LogP contribution is -2.69. The number of ether oxygens (including phenoxy) is 9. The Morgan fingerprint density at radius 1 is 0.642 bits per heavy atom. The predicted octanol–water partition coefficient (Wildman–Crippen LogP) is -5.73. The highest BCUT2D eigenvalue weighted by molar-refractivity contribution is 5.63. The standard InChI is InChI=1S/C31H51N5O15.4C2H4O2/c1-43-11-4-2-3-10(5-11)28-44-9-16-26(49-28)22(41)18(36)30(47-16)48-24-13(34)6-12(33)19(38)27(24)51-31-23(42)25(15(8-37)46-31)50-29-17(35)21(40)20(39)14(7-32)45-29;4*1-2(3)4/h2-5,12-31,37-42H,6-9,32-36H2,1H3;4*1H3,(H,3,4)/t12-,13+,14?,15-,16-,17-,18-,19+,20-,21-,22-,23-,24-,25-,26-,27-,28?,29-,30-,31+;;;;/m1..../s1. The lowest BCUT2D eigenvalue weighted by atomic mass is 9.84. The van der Waals surface area contributed by atoms with Gasteiger partial charge >= 0.3 is 0 Å². The first-order valence-corrected chi connectivity index (χ1v) is 20.6. The topological polar surface area (TPSA) is 484 Å². The number of rotatable bonds is 10. The normalized spacial score (nSPS) is 38.8. The lowest BCUT2D eigenvalue weighted by molar-refractivity contribution is -0.356. The molecule has 5 fully saturated rings. The number of carboxylic acid groups (broad SMARTS) is 4. The van der Waals surface area contributed by atoms with Crippen LogP contribution in [0.15, 0.2) is 24.3 Å². The number of fused-ring (bicyclic) bond motifs is 1. The van der Waals surface area contributed by atoms with Gasteiger partial charge in [0, 0.05) is 51.9 Å². The van der Waals surface area contributed by atoms with Crippen LogP contribution in [0.5, 0.6) is 5.75 Å². The van der Waals surface area contributed by atoms with Crippen LogP contribution in [0.25, 0.3) is 0 Å². The second-order valence-corrected chi connectivity index (χ2v) is 15.6. The van der Waals surface area contributed by atoms with E-state index in [-0.39, 0.29) is 19.6 Å². The quantitative estimate of drug-likeness (QED) is 0.104. The van der Waals surface area contributed by atoms with Gasteiger partial charge in [0.1, 0.15) is 72.9 Å². The number of hydrogen-bond donors (Lipinski definition) is 15. The Labute approximate surface area is 384 Å². The summed E-state index contributed by atoms with van der Waals surface area (Å²) in [5.41, 5.74) is 31.4. The Balaban J connectivity index is 0.000000837. The Kier molecular flexibility index (Phi) is 24.7. The van der Waals surface area contributed by atoms with E-state index in [0.29, 0.717) is 11.3 Å². The molecule has 0 aromatic heterocycles. The molecule has 67 heavy (non-hydrogen) atoms. The van der Waals surface area contributed by atoms with Crippen LogP contribution in [-0.4, -0.2) is 218 Å². The Morgan fingerprint density at radius 3 is 1.69 bits per heavy atom. The number of methoxy groups -OCH3 is 1. The molecular formula is C39H67N5O23. The van der Waals surface area contributed by atoms with Crippen LogP contribution >= 0.6 is 0 Å². The Morgan fingerprint density at radius 2 is 1.15 bits per heavy atom. The minimum atomic E-state index is -1.61. The van der Waals surface area contributed by atoms with E-state index in [4.69, 9.17) is 111 Å². The van der Waals surface area contributed by atoms with Crippen LogP contribution in [0, 0.1) is 0 Å². The molecule has 0 spiro atoms. The number of benzene rings is 1. The number of hydrogen-bond acceptors (Lipinski definition) is 24. The molecule has 0 bridgehead atoms.